The van der Waals surface area contributed by atoms with Crippen LogP contribution in [0.2, 0.25) is 0 Å². The molecule has 2 aliphatic rings. The van der Waals surface area contributed by atoms with E-state index in [0.29, 0.717) is 23.7 Å². The second kappa shape index (κ2) is 13.3. The largest absolute Gasteiger partial charge is 0.482 e. The summed E-state index contributed by atoms with van der Waals surface area (Å²) in [6, 6.07) is 6.17. The van der Waals surface area contributed by atoms with Crippen LogP contribution in [0.4, 0.5) is 11.4 Å². The Kier molecular flexibility index (Phi) is 9.83. The van der Waals surface area contributed by atoms with Crippen molar-refractivity contribution in [2.75, 3.05) is 19.0 Å². The summed E-state index contributed by atoms with van der Waals surface area (Å²) in [4.78, 5) is 44.1. The molecule has 0 amide bonds. The Bertz CT molecular complexity index is 1520. The molecule has 224 valence electrons. The van der Waals surface area contributed by atoms with Gasteiger partial charge in [-0.25, -0.2) is 4.79 Å². The van der Waals surface area contributed by atoms with Gasteiger partial charge in [0.2, 0.25) is 0 Å². The van der Waals surface area contributed by atoms with Crippen molar-refractivity contribution in [3.63, 3.8) is 0 Å². The fourth-order valence-corrected chi connectivity index (χ4v) is 6.66. The number of nitro benzene ring substituents is 2. The number of aryl methyl sites for hydroxylation is 1. The number of nitro groups is 2. The van der Waals surface area contributed by atoms with Crippen molar-refractivity contribution in [1.29, 1.82) is 0 Å². The summed E-state index contributed by atoms with van der Waals surface area (Å²) in [5, 5.41) is 22.5. The molecule has 0 spiro atoms. The van der Waals surface area contributed by atoms with Gasteiger partial charge in [-0.2, -0.15) is 8.42 Å². The molecule has 42 heavy (non-hydrogen) atoms. The number of allylic oxidation sites excluding steroid dienone is 2. The highest BCUT2D eigenvalue weighted by Crippen LogP contribution is 2.43. The lowest BCUT2D eigenvalue weighted by Gasteiger charge is -2.18. The zero-order chi connectivity index (χ0) is 30.4. The van der Waals surface area contributed by atoms with Gasteiger partial charge in [0.1, 0.15) is 11.5 Å². The number of benzene rings is 2. The molecule has 0 aliphatic heterocycles. The number of non-ortho nitro benzene ring substituents is 1. The van der Waals surface area contributed by atoms with Crippen molar-refractivity contribution in [3.8, 4) is 11.5 Å². The van der Waals surface area contributed by atoms with E-state index in [0.717, 1.165) is 36.7 Å². The van der Waals surface area contributed by atoms with Gasteiger partial charge in [0.05, 0.1) is 22.5 Å². The van der Waals surface area contributed by atoms with Gasteiger partial charge in [0.15, 0.2) is 16.6 Å². The Morgan fingerprint density at radius 3 is 2.48 bits per heavy atom. The summed E-state index contributed by atoms with van der Waals surface area (Å²) in [6.45, 7) is 1.63. The Morgan fingerprint density at radius 1 is 1.05 bits per heavy atom. The number of carbonyl (C=O) groups excluding carboxylic acids is 2. The first-order valence-corrected chi connectivity index (χ1v) is 15.5. The van der Waals surface area contributed by atoms with Crippen LogP contribution >= 0.6 is 11.8 Å². The van der Waals surface area contributed by atoms with E-state index in [-0.39, 0.29) is 47.5 Å². The Hall–Kier alpha value is -3.98. The van der Waals surface area contributed by atoms with E-state index in [1.807, 2.05) is 6.92 Å². The van der Waals surface area contributed by atoms with Crippen molar-refractivity contribution in [2.24, 2.45) is 17.8 Å². The van der Waals surface area contributed by atoms with Gasteiger partial charge < -0.3 is 13.7 Å². The first-order chi connectivity index (χ1) is 20.0. The van der Waals surface area contributed by atoms with Crippen LogP contribution in [0.1, 0.15) is 31.7 Å². The number of fused-ring (bicyclic) bond motifs is 2. The third-order valence-corrected chi connectivity index (χ3v) is 9.09. The monoisotopic (exact) mass is 620 g/mol. The van der Waals surface area contributed by atoms with Gasteiger partial charge in [-0.1, -0.05) is 36.9 Å². The molecule has 4 rings (SSSR count). The quantitative estimate of drug-likeness (QED) is 0.0941. The van der Waals surface area contributed by atoms with Gasteiger partial charge in [-0.05, 0) is 60.5 Å². The Balaban J connectivity index is 1.51. The number of hydrogen-bond donors (Lipinski definition) is 0. The van der Waals surface area contributed by atoms with Crippen LogP contribution in [0.5, 0.6) is 11.5 Å². The predicted octanol–water partition coefficient (Wildman–Crippen LogP) is 4.62. The predicted molar refractivity (Wildman–Crippen MR) is 151 cm³/mol. The van der Waals surface area contributed by atoms with Gasteiger partial charge in [0.25, 0.3) is 11.4 Å². The standard InChI is InChI=1S/C27H28N2O11S2/c1-2-41-27(31)10-6-18-5-8-22(38-16-26(30)39-15-20-12-17-3-4-19(20)11-17)14-24(18)40-42(36,37)25-9-7-21(28(32)33)13-23(25)29(34)35/h3-5,7-9,13-14,17,19-20H,2,6,10-12,15-16H2,1H3. The molecular weight excluding hydrogens is 592 g/mol. The lowest BCUT2D eigenvalue weighted by molar-refractivity contribution is -0.396. The zero-order valence-corrected chi connectivity index (χ0v) is 24.1. The summed E-state index contributed by atoms with van der Waals surface area (Å²) in [7, 11) is -4.88. The topological polar surface area (TPSA) is 182 Å². The molecule has 0 saturated heterocycles. The first kappa shape index (κ1) is 31.0. The number of carbonyl (C=O) groups is 2. The molecule has 2 aromatic carbocycles. The first-order valence-electron chi connectivity index (χ1n) is 13.1. The van der Waals surface area contributed by atoms with Crippen molar-refractivity contribution in [2.45, 2.75) is 37.5 Å². The average Bonchev–Trinajstić information content (AvgIpc) is 3.58. The SMILES string of the molecule is CCSC(=O)CCc1ccc(OCC(=O)OCC2CC3C=CC2C3)cc1OS(=O)(=O)c1ccc([N+](=O)[O-])cc1[N+](=O)[O-]. The maximum Gasteiger partial charge on any atom is 0.346 e. The van der Waals surface area contributed by atoms with Crippen molar-refractivity contribution >= 4 is 44.3 Å². The third kappa shape index (κ3) is 7.64. The van der Waals surface area contributed by atoms with E-state index in [2.05, 4.69) is 12.2 Å². The van der Waals surface area contributed by atoms with Crippen LogP contribution in [0.15, 0.2) is 53.4 Å². The number of hydrogen-bond acceptors (Lipinski definition) is 12. The number of nitrogens with zero attached hydrogens (tertiary/aromatic N) is 2. The smallest absolute Gasteiger partial charge is 0.346 e. The lowest BCUT2D eigenvalue weighted by Crippen LogP contribution is -2.21. The Labute approximate surface area is 245 Å². The van der Waals surface area contributed by atoms with Crippen molar-refractivity contribution in [1.82, 2.24) is 0 Å². The zero-order valence-electron chi connectivity index (χ0n) is 22.5. The van der Waals surface area contributed by atoms with Crippen LogP contribution in [-0.2, 0) is 30.9 Å². The Morgan fingerprint density at radius 2 is 1.83 bits per heavy atom. The minimum absolute atomic E-state index is 0.0521. The molecule has 0 heterocycles. The molecule has 2 bridgehead atoms. The summed E-state index contributed by atoms with van der Waals surface area (Å²) in [5.74, 6) is 0.934. The summed E-state index contributed by atoms with van der Waals surface area (Å²) in [6.07, 6.45) is 6.52. The van der Waals surface area contributed by atoms with E-state index in [1.54, 1.807) is 0 Å². The maximum absolute atomic E-state index is 13.2. The van der Waals surface area contributed by atoms with Crippen LogP contribution in [0, 0.1) is 38.0 Å². The molecule has 0 radical (unpaired) electrons. The molecule has 13 nitrogen and oxygen atoms in total. The average molecular weight is 621 g/mol. The fraction of sp³-hybridized carbons (Fsp3) is 0.407. The van der Waals surface area contributed by atoms with Crippen LogP contribution < -0.4 is 8.92 Å². The fourth-order valence-electron chi connectivity index (χ4n) is 4.99. The summed E-state index contributed by atoms with van der Waals surface area (Å²) in [5.41, 5.74) is -1.43. The highest BCUT2D eigenvalue weighted by Gasteiger charge is 2.36. The third-order valence-electron chi connectivity index (χ3n) is 6.99. The summed E-state index contributed by atoms with van der Waals surface area (Å²) >= 11 is 1.10. The number of rotatable bonds is 14. The van der Waals surface area contributed by atoms with Crippen molar-refractivity contribution < 1.29 is 41.5 Å². The van der Waals surface area contributed by atoms with Gasteiger partial charge in [-0.3, -0.25) is 25.0 Å². The summed E-state index contributed by atoms with van der Waals surface area (Å²) < 4.78 is 42.5. The highest BCUT2D eigenvalue weighted by atomic mass is 32.2. The molecule has 0 aromatic heterocycles. The van der Waals surface area contributed by atoms with Gasteiger partial charge in [0, 0.05) is 18.6 Å². The molecule has 0 N–H and O–H groups in total. The van der Waals surface area contributed by atoms with Crippen LogP contribution in [0.3, 0.4) is 0 Å². The van der Waals surface area contributed by atoms with E-state index >= 15 is 0 Å². The van der Waals surface area contributed by atoms with E-state index < -0.39 is 48.8 Å². The van der Waals surface area contributed by atoms with Crippen LogP contribution in [0.25, 0.3) is 0 Å². The minimum atomic E-state index is -4.88. The normalized spacial score (nSPS) is 18.9. The van der Waals surface area contributed by atoms with Crippen molar-refractivity contribution in [3.05, 3.63) is 74.3 Å². The second-order valence-electron chi connectivity index (χ2n) is 9.79. The molecule has 1 saturated carbocycles. The lowest BCUT2D eigenvalue weighted by atomic mass is 9.95. The maximum atomic E-state index is 13.2. The molecular formula is C27H28N2O11S2. The molecule has 3 unspecified atom stereocenters. The second-order valence-corrected chi connectivity index (χ2v) is 12.6. The number of ether oxygens (including phenoxy) is 2. The molecule has 2 aliphatic carbocycles. The number of thioether (sulfide) groups is 1. The van der Waals surface area contributed by atoms with E-state index in [9.17, 15) is 38.2 Å². The molecule has 1 fully saturated rings. The van der Waals surface area contributed by atoms with E-state index in [1.165, 1.54) is 18.2 Å². The van der Waals surface area contributed by atoms with E-state index in [4.69, 9.17) is 13.7 Å². The molecule has 3 atom stereocenters. The van der Waals surface area contributed by atoms with Gasteiger partial charge in [-0.15, -0.1) is 0 Å². The number of esters is 1. The van der Waals surface area contributed by atoms with Crippen LogP contribution in [-0.4, -0.2) is 48.3 Å². The highest BCUT2D eigenvalue weighted by molar-refractivity contribution is 8.13. The minimum Gasteiger partial charge on any atom is -0.482 e. The van der Waals surface area contributed by atoms with Gasteiger partial charge >= 0.3 is 16.1 Å². The molecule has 15 heteroatoms. The molecule has 2 aromatic rings.